The molecule has 0 fully saturated rings. The number of methoxy groups -OCH3 is 1. The van der Waals surface area contributed by atoms with Crippen LogP contribution in [-0.4, -0.2) is 26.9 Å². The molecule has 2 aromatic rings. The minimum absolute atomic E-state index is 0.581. The lowest BCUT2D eigenvalue weighted by molar-refractivity contribution is 0.110. The SMILES string of the molecule is CCOCCOc1ccc(CNc2ccc(OC)cc2)cc1. The predicted octanol–water partition coefficient (Wildman–Crippen LogP) is 3.72. The lowest BCUT2D eigenvalue weighted by Gasteiger charge is -2.09. The number of hydrogen-bond donors (Lipinski definition) is 1. The highest BCUT2D eigenvalue weighted by molar-refractivity contribution is 5.46. The number of anilines is 1. The molecule has 0 unspecified atom stereocenters. The van der Waals surface area contributed by atoms with Crippen molar-refractivity contribution in [1.29, 1.82) is 0 Å². The highest BCUT2D eigenvalue weighted by Crippen LogP contribution is 2.17. The van der Waals surface area contributed by atoms with Crippen molar-refractivity contribution in [3.8, 4) is 11.5 Å². The summed E-state index contributed by atoms with van der Waals surface area (Å²) in [6, 6.07) is 16.0. The van der Waals surface area contributed by atoms with Crippen LogP contribution in [0.25, 0.3) is 0 Å². The van der Waals surface area contributed by atoms with E-state index in [-0.39, 0.29) is 0 Å². The Kier molecular flexibility index (Phi) is 6.58. The van der Waals surface area contributed by atoms with Crippen molar-refractivity contribution in [3.63, 3.8) is 0 Å². The molecule has 1 N–H and O–H groups in total. The summed E-state index contributed by atoms with van der Waals surface area (Å²) in [7, 11) is 1.67. The zero-order valence-corrected chi connectivity index (χ0v) is 13.2. The van der Waals surface area contributed by atoms with Crippen LogP contribution in [0.15, 0.2) is 48.5 Å². The van der Waals surface area contributed by atoms with Crippen LogP contribution >= 0.6 is 0 Å². The zero-order chi connectivity index (χ0) is 15.6. The van der Waals surface area contributed by atoms with E-state index < -0.39 is 0 Å². The van der Waals surface area contributed by atoms with Crippen molar-refractivity contribution >= 4 is 5.69 Å². The summed E-state index contributed by atoms with van der Waals surface area (Å²) in [5, 5.41) is 3.38. The minimum atomic E-state index is 0.581. The van der Waals surface area contributed by atoms with Gasteiger partial charge in [0.1, 0.15) is 18.1 Å². The van der Waals surface area contributed by atoms with Gasteiger partial charge in [-0.05, 0) is 48.9 Å². The summed E-state index contributed by atoms with van der Waals surface area (Å²) >= 11 is 0. The van der Waals surface area contributed by atoms with E-state index in [1.54, 1.807) is 7.11 Å². The van der Waals surface area contributed by atoms with E-state index in [1.165, 1.54) is 5.56 Å². The summed E-state index contributed by atoms with van der Waals surface area (Å²) < 4.78 is 16.0. The van der Waals surface area contributed by atoms with Crippen molar-refractivity contribution in [2.45, 2.75) is 13.5 Å². The van der Waals surface area contributed by atoms with Crippen molar-refractivity contribution in [2.75, 3.05) is 32.2 Å². The number of hydrogen-bond acceptors (Lipinski definition) is 4. The maximum atomic E-state index is 5.59. The van der Waals surface area contributed by atoms with E-state index >= 15 is 0 Å². The molecule has 0 aliphatic carbocycles. The molecule has 22 heavy (non-hydrogen) atoms. The number of ether oxygens (including phenoxy) is 3. The Balaban J connectivity index is 1.78. The van der Waals surface area contributed by atoms with Crippen LogP contribution in [0.3, 0.4) is 0 Å². The Morgan fingerprint density at radius 2 is 1.55 bits per heavy atom. The summed E-state index contributed by atoms with van der Waals surface area (Å²) in [6.45, 7) is 4.67. The molecule has 0 radical (unpaired) electrons. The molecule has 0 atom stereocenters. The molecule has 0 aliphatic heterocycles. The molecule has 0 aromatic heterocycles. The smallest absolute Gasteiger partial charge is 0.119 e. The lowest BCUT2D eigenvalue weighted by atomic mass is 10.2. The van der Waals surface area contributed by atoms with E-state index in [2.05, 4.69) is 17.4 Å². The summed E-state index contributed by atoms with van der Waals surface area (Å²) in [5.74, 6) is 1.73. The van der Waals surface area contributed by atoms with Crippen LogP contribution in [0, 0.1) is 0 Å². The Labute approximate surface area is 132 Å². The molecule has 0 amide bonds. The average Bonchev–Trinajstić information content (AvgIpc) is 2.58. The fourth-order valence-electron chi connectivity index (χ4n) is 1.98. The van der Waals surface area contributed by atoms with Crippen LogP contribution in [0.2, 0.25) is 0 Å². The molecule has 0 aliphatic rings. The molecule has 4 heteroatoms. The van der Waals surface area contributed by atoms with Gasteiger partial charge in [0.15, 0.2) is 0 Å². The first-order valence-electron chi connectivity index (χ1n) is 7.49. The van der Waals surface area contributed by atoms with E-state index in [0.29, 0.717) is 13.2 Å². The standard InChI is InChI=1S/C18H23NO3/c1-3-21-12-13-22-18-8-4-15(5-9-18)14-19-16-6-10-17(20-2)11-7-16/h4-11,19H,3,12-14H2,1-2H3. The van der Waals surface area contributed by atoms with Gasteiger partial charge in [-0.3, -0.25) is 0 Å². The van der Waals surface area contributed by atoms with Crippen LogP contribution < -0.4 is 14.8 Å². The molecular formula is C18H23NO3. The third-order valence-corrected chi connectivity index (χ3v) is 3.21. The zero-order valence-electron chi connectivity index (χ0n) is 13.2. The Hall–Kier alpha value is -2.20. The molecule has 0 spiro atoms. The van der Waals surface area contributed by atoms with Gasteiger partial charge < -0.3 is 19.5 Å². The fourth-order valence-corrected chi connectivity index (χ4v) is 1.98. The molecule has 0 saturated heterocycles. The van der Waals surface area contributed by atoms with Crippen LogP contribution in [-0.2, 0) is 11.3 Å². The van der Waals surface area contributed by atoms with Gasteiger partial charge >= 0.3 is 0 Å². The van der Waals surface area contributed by atoms with Crippen LogP contribution in [0.5, 0.6) is 11.5 Å². The highest BCUT2D eigenvalue weighted by atomic mass is 16.5. The van der Waals surface area contributed by atoms with Gasteiger partial charge in [0.2, 0.25) is 0 Å². The summed E-state index contributed by atoms with van der Waals surface area (Å²) in [4.78, 5) is 0. The van der Waals surface area contributed by atoms with Gasteiger partial charge in [-0.25, -0.2) is 0 Å². The first-order chi connectivity index (χ1) is 10.8. The second kappa shape index (κ2) is 8.95. The Bertz CT molecular complexity index is 537. The van der Waals surface area contributed by atoms with Gasteiger partial charge in [0.25, 0.3) is 0 Å². The maximum absolute atomic E-state index is 5.59. The van der Waals surface area contributed by atoms with Gasteiger partial charge in [0.05, 0.1) is 13.7 Å². The quantitative estimate of drug-likeness (QED) is 0.717. The molecule has 0 saturated carbocycles. The van der Waals surface area contributed by atoms with Crippen molar-refractivity contribution in [2.24, 2.45) is 0 Å². The molecule has 2 rings (SSSR count). The van der Waals surface area contributed by atoms with Crippen molar-refractivity contribution in [1.82, 2.24) is 0 Å². The first-order valence-corrected chi connectivity index (χ1v) is 7.49. The van der Waals surface area contributed by atoms with Crippen LogP contribution in [0.1, 0.15) is 12.5 Å². The number of nitrogens with one attached hydrogen (secondary N) is 1. The number of rotatable bonds is 9. The van der Waals surface area contributed by atoms with E-state index in [1.807, 2.05) is 43.3 Å². The van der Waals surface area contributed by atoms with Crippen LogP contribution in [0.4, 0.5) is 5.69 Å². The predicted molar refractivity (Wildman–Crippen MR) is 88.8 cm³/mol. The Morgan fingerprint density at radius 1 is 0.864 bits per heavy atom. The van der Waals surface area contributed by atoms with E-state index in [9.17, 15) is 0 Å². The minimum Gasteiger partial charge on any atom is -0.497 e. The number of benzene rings is 2. The van der Waals surface area contributed by atoms with E-state index in [4.69, 9.17) is 14.2 Å². The highest BCUT2D eigenvalue weighted by Gasteiger charge is 1.98. The first kappa shape index (κ1) is 16.2. The van der Waals surface area contributed by atoms with Gasteiger partial charge in [-0.15, -0.1) is 0 Å². The molecule has 0 bridgehead atoms. The monoisotopic (exact) mass is 301 g/mol. The molecule has 4 nitrogen and oxygen atoms in total. The van der Waals surface area contributed by atoms with Crippen molar-refractivity contribution < 1.29 is 14.2 Å². The van der Waals surface area contributed by atoms with Gasteiger partial charge in [0, 0.05) is 18.8 Å². The topological polar surface area (TPSA) is 39.7 Å². The fraction of sp³-hybridized carbons (Fsp3) is 0.333. The second-order valence-electron chi connectivity index (χ2n) is 4.77. The molecule has 2 aromatic carbocycles. The molecular weight excluding hydrogens is 278 g/mol. The normalized spacial score (nSPS) is 10.3. The van der Waals surface area contributed by atoms with Gasteiger partial charge in [-0.2, -0.15) is 0 Å². The second-order valence-corrected chi connectivity index (χ2v) is 4.77. The third-order valence-electron chi connectivity index (χ3n) is 3.21. The van der Waals surface area contributed by atoms with Gasteiger partial charge in [-0.1, -0.05) is 12.1 Å². The summed E-state index contributed by atoms with van der Waals surface area (Å²) in [5.41, 5.74) is 2.27. The Morgan fingerprint density at radius 3 is 2.18 bits per heavy atom. The maximum Gasteiger partial charge on any atom is 0.119 e. The molecule has 0 heterocycles. The average molecular weight is 301 g/mol. The third kappa shape index (κ3) is 5.30. The van der Waals surface area contributed by atoms with E-state index in [0.717, 1.165) is 30.3 Å². The summed E-state index contributed by atoms with van der Waals surface area (Å²) in [6.07, 6.45) is 0. The molecule has 118 valence electrons. The van der Waals surface area contributed by atoms with Crippen molar-refractivity contribution in [3.05, 3.63) is 54.1 Å². The largest absolute Gasteiger partial charge is 0.497 e. The lowest BCUT2D eigenvalue weighted by Crippen LogP contribution is -2.06.